The number of carbonyl (C=O) groups excluding carboxylic acids is 2. The second kappa shape index (κ2) is 11.2. The molecule has 0 unspecified atom stereocenters. The SMILES string of the molecule is CSCC[C@@H](NC(=O)c1ccc([N+](=O)[O-])cc1Cl)C(=O)OCc1cc(=O)oc2cc(C)ccc12. The van der Waals surface area contributed by atoms with E-state index in [1.807, 2.05) is 19.2 Å². The second-order valence-electron chi connectivity index (χ2n) is 7.43. The van der Waals surface area contributed by atoms with E-state index >= 15 is 0 Å². The van der Waals surface area contributed by atoms with Gasteiger partial charge in [0.15, 0.2) is 0 Å². The summed E-state index contributed by atoms with van der Waals surface area (Å²) in [6.07, 6.45) is 2.14. The summed E-state index contributed by atoms with van der Waals surface area (Å²) < 4.78 is 10.6. The number of benzene rings is 2. The minimum absolute atomic E-state index is 0.00347. The van der Waals surface area contributed by atoms with Gasteiger partial charge in [0.05, 0.1) is 15.5 Å². The van der Waals surface area contributed by atoms with Crippen molar-refractivity contribution in [1.82, 2.24) is 5.32 Å². The predicted octanol–water partition coefficient (Wildman–Crippen LogP) is 4.26. The number of ether oxygens (including phenoxy) is 1. The van der Waals surface area contributed by atoms with Gasteiger partial charge in [-0.25, -0.2) is 9.59 Å². The summed E-state index contributed by atoms with van der Waals surface area (Å²) in [7, 11) is 0. The Hall–Kier alpha value is -3.37. The summed E-state index contributed by atoms with van der Waals surface area (Å²) >= 11 is 7.52. The molecule has 1 amide bonds. The third-order valence-corrected chi connectivity index (χ3v) is 5.92. The molecule has 3 aromatic rings. The number of aryl methyl sites for hydroxylation is 1. The van der Waals surface area contributed by atoms with Crippen molar-refractivity contribution in [2.45, 2.75) is 26.0 Å². The maximum atomic E-state index is 12.8. The van der Waals surface area contributed by atoms with Crippen LogP contribution in [0.5, 0.6) is 0 Å². The summed E-state index contributed by atoms with van der Waals surface area (Å²) in [5.74, 6) is -0.788. The molecule has 1 N–H and O–H groups in total. The van der Waals surface area contributed by atoms with Crippen LogP contribution in [0.15, 0.2) is 51.7 Å². The van der Waals surface area contributed by atoms with Gasteiger partial charge in [-0.1, -0.05) is 23.7 Å². The molecule has 0 fully saturated rings. The molecule has 1 heterocycles. The first-order valence-corrected chi connectivity index (χ1v) is 11.9. The molecule has 34 heavy (non-hydrogen) atoms. The first-order chi connectivity index (χ1) is 16.2. The number of nitro benzene ring substituents is 1. The molecular formula is C23H21ClN2O7S. The molecule has 0 spiro atoms. The number of rotatable bonds is 9. The number of hydrogen-bond acceptors (Lipinski definition) is 8. The second-order valence-corrected chi connectivity index (χ2v) is 8.82. The van der Waals surface area contributed by atoms with E-state index < -0.39 is 28.5 Å². The lowest BCUT2D eigenvalue weighted by Gasteiger charge is -2.18. The normalized spacial score (nSPS) is 11.7. The molecule has 3 rings (SSSR count). The molecule has 1 atom stereocenters. The molecule has 0 aliphatic rings. The monoisotopic (exact) mass is 504 g/mol. The fourth-order valence-electron chi connectivity index (χ4n) is 3.23. The van der Waals surface area contributed by atoms with Gasteiger partial charge in [0.2, 0.25) is 0 Å². The van der Waals surface area contributed by atoms with Crippen molar-refractivity contribution >= 4 is 51.9 Å². The van der Waals surface area contributed by atoms with Gasteiger partial charge in [-0.3, -0.25) is 14.9 Å². The summed E-state index contributed by atoms with van der Waals surface area (Å²) in [4.78, 5) is 47.7. The highest BCUT2D eigenvalue weighted by Crippen LogP contribution is 2.23. The van der Waals surface area contributed by atoms with Gasteiger partial charge in [0, 0.05) is 29.1 Å². The zero-order valence-corrected chi connectivity index (χ0v) is 19.9. The summed E-state index contributed by atoms with van der Waals surface area (Å²) in [6, 6.07) is 9.07. The van der Waals surface area contributed by atoms with Crippen LogP contribution in [0.25, 0.3) is 11.0 Å². The largest absolute Gasteiger partial charge is 0.459 e. The van der Waals surface area contributed by atoms with Gasteiger partial charge in [0.1, 0.15) is 18.2 Å². The Labute approximate surface area is 203 Å². The summed E-state index contributed by atoms with van der Waals surface area (Å²) in [5, 5.41) is 14.0. The topological polar surface area (TPSA) is 129 Å². The fraction of sp³-hybridized carbons (Fsp3) is 0.261. The molecule has 9 nitrogen and oxygen atoms in total. The lowest BCUT2D eigenvalue weighted by molar-refractivity contribution is -0.384. The minimum Gasteiger partial charge on any atom is -0.459 e. The zero-order valence-electron chi connectivity index (χ0n) is 18.3. The van der Waals surface area contributed by atoms with Crippen LogP contribution >= 0.6 is 23.4 Å². The lowest BCUT2D eigenvalue weighted by Crippen LogP contribution is -2.42. The van der Waals surface area contributed by atoms with Crippen molar-refractivity contribution in [3.8, 4) is 0 Å². The third-order valence-electron chi connectivity index (χ3n) is 4.96. The first-order valence-electron chi connectivity index (χ1n) is 10.1. The van der Waals surface area contributed by atoms with Gasteiger partial charge in [0.25, 0.3) is 11.6 Å². The van der Waals surface area contributed by atoms with Crippen molar-refractivity contribution in [3.05, 3.63) is 84.7 Å². The van der Waals surface area contributed by atoms with E-state index in [1.54, 1.807) is 12.1 Å². The highest BCUT2D eigenvalue weighted by atomic mass is 35.5. The van der Waals surface area contributed by atoms with E-state index in [0.29, 0.717) is 22.3 Å². The zero-order chi connectivity index (χ0) is 24.8. The van der Waals surface area contributed by atoms with Crippen LogP contribution in [-0.2, 0) is 16.1 Å². The van der Waals surface area contributed by atoms with Crippen LogP contribution in [0, 0.1) is 17.0 Å². The maximum absolute atomic E-state index is 12.8. The maximum Gasteiger partial charge on any atom is 0.336 e. The highest BCUT2D eigenvalue weighted by molar-refractivity contribution is 7.98. The Morgan fingerprint density at radius 1 is 1.24 bits per heavy atom. The number of fused-ring (bicyclic) bond motifs is 1. The number of nitrogens with zero attached hydrogens (tertiary/aromatic N) is 1. The van der Waals surface area contributed by atoms with E-state index in [0.717, 1.165) is 17.7 Å². The molecule has 0 aliphatic heterocycles. The Morgan fingerprint density at radius 3 is 2.68 bits per heavy atom. The Balaban J connectivity index is 1.76. The highest BCUT2D eigenvalue weighted by Gasteiger charge is 2.25. The molecular weight excluding hydrogens is 484 g/mol. The van der Waals surface area contributed by atoms with Gasteiger partial charge in [-0.2, -0.15) is 11.8 Å². The average molecular weight is 505 g/mol. The molecule has 0 radical (unpaired) electrons. The fourth-order valence-corrected chi connectivity index (χ4v) is 3.96. The standard InChI is InChI=1S/C23H21ClN2O7S/c1-13-3-5-16-14(10-21(27)33-20(16)9-13)12-32-23(29)19(7-8-34-2)25-22(28)17-6-4-15(26(30)31)11-18(17)24/h3-6,9-11,19H,7-8,12H2,1-2H3,(H,25,28)/t19-/m1/s1. The number of nitrogens with one attached hydrogen (secondary N) is 1. The van der Waals surface area contributed by atoms with Gasteiger partial charge in [-0.05, 0) is 43.0 Å². The van der Waals surface area contributed by atoms with Crippen molar-refractivity contribution in [3.63, 3.8) is 0 Å². The number of thioether (sulfide) groups is 1. The molecule has 11 heteroatoms. The van der Waals surface area contributed by atoms with Gasteiger partial charge < -0.3 is 14.5 Å². The van der Waals surface area contributed by atoms with Gasteiger partial charge in [-0.15, -0.1) is 0 Å². The van der Waals surface area contributed by atoms with Crippen LogP contribution < -0.4 is 10.9 Å². The number of halogens is 1. The molecule has 178 valence electrons. The Bertz CT molecular complexity index is 1310. The van der Waals surface area contributed by atoms with Gasteiger partial charge >= 0.3 is 11.6 Å². The number of amides is 1. The van der Waals surface area contributed by atoms with Crippen molar-refractivity contribution < 1.29 is 23.7 Å². The van der Waals surface area contributed by atoms with E-state index in [-0.39, 0.29) is 29.3 Å². The molecule has 0 saturated heterocycles. The first kappa shape index (κ1) is 25.3. The van der Waals surface area contributed by atoms with Crippen LogP contribution in [-0.4, -0.2) is 34.9 Å². The Kier molecular flexibility index (Phi) is 8.30. The van der Waals surface area contributed by atoms with E-state index in [1.165, 1.54) is 23.9 Å². The quantitative estimate of drug-likeness (QED) is 0.198. The Morgan fingerprint density at radius 2 is 2.00 bits per heavy atom. The summed E-state index contributed by atoms with van der Waals surface area (Å²) in [6.45, 7) is 1.68. The van der Waals surface area contributed by atoms with E-state index in [4.69, 9.17) is 20.8 Å². The van der Waals surface area contributed by atoms with Crippen molar-refractivity contribution in [1.29, 1.82) is 0 Å². The number of hydrogen-bond donors (Lipinski definition) is 1. The van der Waals surface area contributed by atoms with Crippen molar-refractivity contribution in [2.75, 3.05) is 12.0 Å². The number of non-ortho nitro benzene ring substituents is 1. The van der Waals surface area contributed by atoms with Crippen LogP contribution in [0.4, 0.5) is 5.69 Å². The number of nitro groups is 1. The third kappa shape index (κ3) is 6.15. The molecule has 0 saturated carbocycles. The molecule has 1 aromatic heterocycles. The number of carbonyl (C=O) groups is 2. The average Bonchev–Trinajstić information content (AvgIpc) is 2.79. The smallest absolute Gasteiger partial charge is 0.336 e. The van der Waals surface area contributed by atoms with Crippen LogP contribution in [0.3, 0.4) is 0 Å². The minimum atomic E-state index is -0.986. The molecule has 2 aromatic carbocycles. The van der Waals surface area contributed by atoms with Crippen molar-refractivity contribution in [2.24, 2.45) is 0 Å². The molecule has 0 bridgehead atoms. The summed E-state index contributed by atoms with van der Waals surface area (Å²) in [5.41, 5.74) is 0.955. The molecule has 0 aliphatic carbocycles. The lowest BCUT2D eigenvalue weighted by atomic mass is 10.1. The van der Waals surface area contributed by atoms with Crippen LogP contribution in [0.1, 0.15) is 27.9 Å². The van der Waals surface area contributed by atoms with Crippen LogP contribution in [0.2, 0.25) is 5.02 Å². The van der Waals surface area contributed by atoms with E-state index in [9.17, 15) is 24.5 Å². The predicted molar refractivity (Wildman–Crippen MR) is 129 cm³/mol. The number of esters is 1. The van der Waals surface area contributed by atoms with E-state index in [2.05, 4.69) is 5.32 Å².